The van der Waals surface area contributed by atoms with Crippen LogP contribution in [-0.2, 0) is 4.79 Å². The fourth-order valence-corrected chi connectivity index (χ4v) is 2.24. The number of nitrogens with zero attached hydrogens (tertiary/aromatic N) is 1. The van der Waals surface area contributed by atoms with Gasteiger partial charge in [0.1, 0.15) is 23.3 Å². The van der Waals surface area contributed by atoms with Gasteiger partial charge in [0.05, 0.1) is 5.69 Å². The van der Waals surface area contributed by atoms with Crippen molar-refractivity contribution in [2.75, 3.05) is 5.32 Å². The van der Waals surface area contributed by atoms with Crippen molar-refractivity contribution in [1.29, 1.82) is 5.26 Å². The molecule has 1 aromatic rings. The van der Waals surface area contributed by atoms with Gasteiger partial charge in [0.2, 0.25) is 0 Å². The minimum Gasteiger partial charge on any atom is -0.358 e. The second-order valence-corrected chi connectivity index (χ2v) is 4.89. The molecule has 1 aromatic carbocycles. The molecule has 6 heteroatoms. The van der Waals surface area contributed by atoms with E-state index in [1.54, 1.807) is 6.07 Å². The Morgan fingerprint density at radius 2 is 2.05 bits per heavy atom. The van der Waals surface area contributed by atoms with Gasteiger partial charge in [-0.2, -0.15) is 5.26 Å². The van der Waals surface area contributed by atoms with E-state index in [0.717, 1.165) is 50.1 Å². The molecule has 0 radical (unpaired) electrons. The van der Waals surface area contributed by atoms with Gasteiger partial charge in [0, 0.05) is 18.3 Å². The Morgan fingerprint density at radius 3 is 2.71 bits per heavy atom. The summed E-state index contributed by atoms with van der Waals surface area (Å²) in [5.74, 6) is -1.78. The molecule has 2 N–H and O–H groups in total. The fourth-order valence-electron chi connectivity index (χ4n) is 2.24. The van der Waals surface area contributed by atoms with Gasteiger partial charge in [0.15, 0.2) is 0 Å². The van der Waals surface area contributed by atoms with E-state index < -0.39 is 17.5 Å². The molecule has 2 rings (SSSR count). The third-order valence-corrected chi connectivity index (χ3v) is 3.36. The molecule has 1 aliphatic rings. The van der Waals surface area contributed by atoms with Crippen LogP contribution in [-0.4, -0.2) is 11.9 Å². The number of carbonyl (C=O) groups excluding carboxylic acids is 1. The highest BCUT2D eigenvalue weighted by Crippen LogP contribution is 2.18. The summed E-state index contributed by atoms with van der Waals surface area (Å²) in [7, 11) is 0. The van der Waals surface area contributed by atoms with Crippen LogP contribution in [0.4, 0.5) is 14.5 Å². The summed E-state index contributed by atoms with van der Waals surface area (Å²) in [6.07, 6.45) is 5.00. The first kappa shape index (κ1) is 15.0. The van der Waals surface area contributed by atoms with Crippen LogP contribution in [0.2, 0.25) is 0 Å². The lowest BCUT2D eigenvalue weighted by Gasteiger charge is -2.11. The van der Waals surface area contributed by atoms with E-state index in [1.807, 2.05) is 0 Å². The highest BCUT2D eigenvalue weighted by atomic mass is 19.1. The Labute approximate surface area is 121 Å². The van der Waals surface area contributed by atoms with E-state index in [1.165, 1.54) is 0 Å². The van der Waals surface area contributed by atoms with Crippen LogP contribution in [0.25, 0.3) is 0 Å². The van der Waals surface area contributed by atoms with Crippen LogP contribution >= 0.6 is 0 Å². The maximum atomic E-state index is 13.4. The van der Waals surface area contributed by atoms with E-state index in [-0.39, 0.29) is 17.3 Å². The van der Waals surface area contributed by atoms with E-state index >= 15 is 0 Å². The Balaban J connectivity index is 2.04. The monoisotopic (exact) mass is 291 g/mol. The molecular formula is C15H15F2N3O. The molecule has 0 bridgehead atoms. The average Bonchev–Trinajstić information content (AvgIpc) is 2.96. The standard InChI is InChI=1S/C15H15F2N3O/c16-11-5-6-13(17)14(7-11)19-9-10(8-18)15(21)20-12-3-1-2-4-12/h5-7,9,12,19H,1-4H2,(H,20,21)/b10-9-. The summed E-state index contributed by atoms with van der Waals surface area (Å²) >= 11 is 0. The van der Waals surface area contributed by atoms with E-state index in [4.69, 9.17) is 5.26 Å². The number of nitrogens with one attached hydrogen (secondary N) is 2. The zero-order valence-corrected chi connectivity index (χ0v) is 11.3. The number of amides is 1. The van der Waals surface area contributed by atoms with Gasteiger partial charge in [-0.1, -0.05) is 12.8 Å². The number of benzene rings is 1. The fraction of sp³-hybridized carbons (Fsp3) is 0.333. The predicted molar refractivity (Wildman–Crippen MR) is 74.1 cm³/mol. The number of halogens is 2. The summed E-state index contributed by atoms with van der Waals surface area (Å²) in [6, 6.07) is 4.74. The molecule has 0 atom stereocenters. The van der Waals surface area contributed by atoms with Crippen LogP contribution in [0.15, 0.2) is 30.0 Å². The van der Waals surface area contributed by atoms with E-state index in [9.17, 15) is 13.6 Å². The third kappa shape index (κ3) is 4.02. The lowest BCUT2D eigenvalue weighted by Crippen LogP contribution is -2.33. The van der Waals surface area contributed by atoms with Crippen molar-refractivity contribution in [3.8, 4) is 6.07 Å². The van der Waals surface area contributed by atoms with Crippen molar-refractivity contribution in [2.24, 2.45) is 0 Å². The highest BCUT2D eigenvalue weighted by molar-refractivity contribution is 5.97. The molecule has 1 amide bonds. The molecule has 21 heavy (non-hydrogen) atoms. The maximum Gasteiger partial charge on any atom is 0.263 e. The second kappa shape index (κ2) is 6.84. The summed E-state index contributed by atoms with van der Waals surface area (Å²) in [5, 5.41) is 14.2. The van der Waals surface area contributed by atoms with E-state index in [0.29, 0.717) is 0 Å². The quantitative estimate of drug-likeness (QED) is 0.662. The Kier molecular flexibility index (Phi) is 4.88. The second-order valence-electron chi connectivity index (χ2n) is 4.89. The Hall–Kier alpha value is -2.42. The van der Waals surface area contributed by atoms with Crippen LogP contribution in [0.5, 0.6) is 0 Å². The normalized spacial score (nSPS) is 15.6. The summed E-state index contributed by atoms with van der Waals surface area (Å²) in [5.41, 5.74) is -0.304. The van der Waals surface area contributed by atoms with E-state index in [2.05, 4.69) is 10.6 Å². The summed E-state index contributed by atoms with van der Waals surface area (Å²) < 4.78 is 26.4. The molecule has 4 nitrogen and oxygen atoms in total. The lowest BCUT2D eigenvalue weighted by atomic mass is 10.2. The van der Waals surface area contributed by atoms with Gasteiger partial charge in [-0.05, 0) is 25.0 Å². The molecule has 0 heterocycles. The number of hydrogen-bond donors (Lipinski definition) is 2. The Bertz CT molecular complexity index is 601. The van der Waals surface area contributed by atoms with Crippen molar-refractivity contribution >= 4 is 11.6 Å². The smallest absolute Gasteiger partial charge is 0.263 e. The minimum atomic E-state index is -0.666. The molecule has 0 aromatic heterocycles. The summed E-state index contributed by atoms with van der Waals surface area (Å²) in [6.45, 7) is 0. The molecule has 110 valence electrons. The number of anilines is 1. The molecule has 1 fully saturated rings. The third-order valence-electron chi connectivity index (χ3n) is 3.36. The van der Waals surface area contributed by atoms with Crippen LogP contribution in [0.3, 0.4) is 0 Å². The van der Waals surface area contributed by atoms with Gasteiger partial charge in [-0.15, -0.1) is 0 Å². The maximum absolute atomic E-state index is 13.4. The van der Waals surface area contributed by atoms with Crippen molar-refractivity contribution in [3.63, 3.8) is 0 Å². The van der Waals surface area contributed by atoms with Crippen molar-refractivity contribution in [1.82, 2.24) is 5.32 Å². The number of rotatable bonds is 4. The first-order valence-electron chi connectivity index (χ1n) is 6.73. The molecule has 1 saturated carbocycles. The number of carbonyl (C=O) groups is 1. The van der Waals surface area contributed by atoms with Gasteiger partial charge >= 0.3 is 0 Å². The van der Waals surface area contributed by atoms with Crippen molar-refractivity contribution in [2.45, 2.75) is 31.7 Å². The van der Waals surface area contributed by atoms with Gasteiger partial charge in [-0.3, -0.25) is 4.79 Å². The van der Waals surface area contributed by atoms with Gasteiger partial charge in [0.25, 0.3) is 5.91 Å². The molecular weight excluding hydrogens is 276 g/mol. The first-order valence-corrected chi connectivity index (χ1v) is 6.73. The van der Waals surface area contributed by atoms with Gasteiger partial charge in [-0.25, -0.2) is 8.78 Å². The van der Waals surface area contributed by atoms with Gasteiger partial charge < -0.3 is 10.6 Å². The first-order chi connectivity index (χ1) is 10.1. The zero-order chi connectivity index (χ0) is 15.2. The lowest BCUT2D eigenvalue weighted by molar-refractivity contribution is -0.117. The molecule has 1 aliphatic carbocycles. The zero-order valence-electron chi connectivity index (χ0n) is 11.3. The predicted octanol–water partition coefficient (Wildman–Crippen LogP) is 2.84. The van der Waals surface area contributed by atoms with Crippen molar-refractivity contribution in [3.05, 3.63) is 41.6 Å². The van der Waals surface area contributed by atoms with Crippen LogP contribution in [0.1, 0.15) is 25.7 Å². The van der Waals surface area contributed by atoms with Crippen LogP contribution < -0.4 is 10.6 Å². The molecule has 0 spiro atoms. The number of nitriles is 1. The van der Waals surface area contributed by atoms with Crippen molar-refractivity contribution < 1.29 is 13.6 Å². The largest absolute Gasteiger partial charge is 0.358 e. The minimum absolute atomic E-state index is 0.0835. The van der Waals surface area contributed by atoms with Crippen LogP contribution in [0, 0.1) is 23.0 Å². The Morgan fingerprint density at radius 1 is 1.33 bits per heavy atom. The average molecular weight is 291 g/mol. The topological polar surface area (TPSA) is 64.9 Å². The molecule has 0 unspecified atom stereocenters. The SMILES string of the molecule is N#C/C(=C/Nc1cc(F)ccc1F)C(=O)NC1CCCC1. The molecule has 0 saturated heterocycles. The summed E-state index contributed by atoms with van der Waals surface area (Å²) in [4.78, 5) is 11.9. The number of hydrogen-bond acceptors (Lipinski definition) is 3. The molecule has 0 aliphatic heterocycles. The highest BCUT2D eigenvalue weighted by Gasteiger charge is 2.19.